The lowest BCUT2D eigenvalue weighted by atomic mass is 9.99. The number of halogens is 3. The van der Waals surface area contributed by atoms with Crippen LogP contribution >= 0.6 is 11.8 Å². The summed E-state index contributed by atoms with van der Waals surface area (Å²) in [5.41, 5.74) is 1.26. The van der Waals surface area contributed by atoms with E-state index in [0.29, 0.717) is 29.2 Å². The molecular weight excluding hydrogens is 385 g/mol. The first-order chi connectivity index (χ1) is 13.4. The van der Waals surface area contributed by atoms with E-state index in [1.165, 1.54) is 17.8 Å². The number of rotatable bonds is 4. The standard InChI is InChI=1S/C21H19F3N2OS/c22-21(23,24)15-10-11-17-16(12-15)25-20(28-19-9-5-4-8-18(19)27)26(17)13-14-6-2-1-3-7-14/h1-3,6-7,10-12,19H,4-5,8-9,13H2/t19-/m1/s1. The maximum absolute atomic E-state index is 13.1. The van der Waals surface area contributed by atoms with Gasteiger partial charge in [0, 0.05) is 6.42 Å². The van der Waals surface area contributed by atoms with Gasteiger partial charge in [0.15, 0.2) is 5.16 Å². The molecule has 28 heavy (non-hydrogen) atoms. The minimum Gasteiger partial charge on any atom is -0.314 e. The van der Waals surface area contributed by atoms with Gasteiger partial charge >= 0.3 is 6.18 Å². The number of benzene rings is 2. The minimum atomic E-state index is -4.41. The van der Waals surface area contributed by atoms with Gasteiger partial charge in [-0.3, -0.25) is 4.79 Å². The molecule has 0 N–H and O–H groups in total. The van der Waals surface area contributed by atoms with E-state index >= 15 is 0 Å². The molecule has 1 atom stereocenters. The highest BCUT2D eigenvalue weighted by Gasteiger charge is 2.31. The zero-order chi connectivity index (χ0) is 19.7. The van der Waals surface area contributed by atoms with E-state index in [9.17, 15) is 18.0 Å². The van der Waals surface area contributed by atoms with Crippen LogP contribution in [-0.2, 0) is 17.5 Å². The number of hydrogen-bond donors (Lipinski definition) is 0. The number of aromatic nitrogens is 2. The minimum absolute atomic E-state index is 0.179. The van der Waals surface area contributed by atoms with Gasteiger partial charge in [0.2, 0.25) is 0 Å². The van der Waals surface area contributed by atoms with Gasteiger partial charge < -0.3 is 4.57 Å². The van der Waals surface area contributed by atoms with Gasteiger partial charge in [0.1, 0.15) is 5.78 Å². The van der Waals surface area contributed by atoms with Gasteiger partial charge in [-0.2, -0.15) is 13.2 Å². The highest BCUT2D eigenvalue weighted by atomic mass is 32.2. The first-order valence-corrected chi connectivity index (χ1v) is 10.1. The summed E-state index contributed by atoms with van der Waals surface area (Å²) >= 11 is 1.38. The molecule has 146 valence electrons. The Bertz CT molecular complexity index is 998. The monoisotopic (exact) mass is 404 g/mol. The SMILES string of the molecule is O=C1CCCC[C@H]1Sc1nc2cc(C(F)(F)F)ccc2n1Cc1ccccc1. The van der Waals surface area contributed by atoms with Crippen LogP contribution in [0.3, 0.4) is 0 Å². The Hall–Kier alpha value is -2.28. The van der Waals surface area contributed by atoms with Gasteiger partial charge in [-0.25, -0.2) is 4.98 Å². The third-order valence-corrected chi connectivity index (χ3v) is 6.28. The molecule has 1 heterocycles. The first-order valence-electron chi connectivity index (χ1n) is 9.22. The second kappa shape index (κ2) is 7.62. The van der Waals surface area contributed by atoms with E-state index in [2.05, 4.69) is 4.98 Å². The zero-order valence-electron chi connectivity index (χ0n) is 15.1. The van der Waals surface area contributed by atoms with E-state index in [-0.39, 0.29) is 11.0 Å². The van der Waals surface area contributed by atoms with Crippen LogP contribution in [0.1, 0.15) is 36.8 Å². The quantitative estimate of drug-likeness (QED) is 0.559. The van der Waals surface area contributed by atoms with Crippen molar-refractivity contribution in [2.24, 2.45) is 0 Å². The fourth-order valence-electron chi connectivity index (χ4n) is 3.50. The highest BCUT2D eigenvalue weighted by molar-refractivity contribution is 8.00. The lowest BCUT2D eigenvalue weighted by Crippen LogP contribution is -2.22. The third kappa shape index (κ3) is 3.94. The number of hydrogen-bond acceptors (Lipinski definition) is 3. The predicted octanol–water partition coefficient (Wildman–Crippen LogP) is 5.71. The van der Waals surface area contributed by atoms with Crippen LogP contribution in [0.15, 0.2) is 53.7 Å². The Labute approximate surface area is 165 Å². The van der Waals surface area contributed by atoms with Crippen LogP contribution in [-0.4, -0.2) is 20.6 Å². The van der Waals surface area contributed by atoms with Crippen LogP contribution in [0.25, 0.3) is 11.0 Å². The van der Waals surface area contributed by atoms with Crippen LogP contribution in [0.2, 0.25) is 0 Å². The van der Waals surface area contributed by atoms with Crippen molar-refractivity contribution in [3.8, 4) is 0 Å². The lowest BCUT2D eigenvalue weighted by Gasteiger charge is -2.20. The molecule has 1 aromatic heterocycles. The summed E-state index contributed by atoms with van der Waals surface area (Å²) < 4.78 is 41.2. The Morgan fingerprint density at radius 2 is 1.89 bits per heavy atom. The average molecular weight is 404 g/mol. The van der Waals surface area contributed by atoms with E-state index < -0.39 is 11.7 Å². The maximum Gasteiger partial charge on any atom is 0.416 e. The summed E-state index contributed by atoms with van der Waals surface area (Å²) in [4.78, 5) is 16.7. The molecule has 4 rings (SSSR count). The maximum atomic E-state index is 13.1. The third-order valence-electron chi connectivity index (χ3n) is 4.97. The summed E-state index contributed by atoms with van der Waals surface area (Å²) in [6.45, 7) is 0.492. The molecule has 3 aromatic rings. The Morgan fingerprint density at radius 1 is 1.11 bits per heavy atom. The number of Topliss-reactive ketones (excluding diaryl/α,β-unsaturated/α-hetero) is 1. The van der Waals surface area contributed by atoms with Crippen molar-refractivity contribution in [3.63, 3.8) is 0 Å². The smallest absolute Gasteiger partial charge is 0.314 e. The molecule has 1 aliphatic rings. The van der Waals surface area contributed by atoms with Gasteiger partial charge in [0.25, 0.3) is 0 Å². The number of thioether (sulfide) groups is 1. The highest BCUT2D eigenvalue weighted by Crippen LogP contribution is 2.36. The summed E-state index contributed by atoms with van der Waals surface area (Å²) in [6, 6.07) is 13.4. The topological polar surface area (TPSA) is 34.9 Å². The fraction of sp³-hybridized carbons (Fsp3) is 0.333. The van der Waals surface area contributed by atoms with Crippen molar-refractivity contribution in [1.29, 1.82) is 0 Å². The van der Waals surface area contributed by atoms with Crippen LogP contribution < -0.4 is 0 Å². The summed E-state index contributed by atoms with van der Waals surface area (Å²) in [5, 5.41) is 0.417. The number of fused-ring (bicyclic) bond motifs is 1. The number of ketones is 1. The Morgan fingerprint density at radius 3 is 2.61 bits per heavy atom. The normalized spacial score (nSPS) is 18.0. The molecule has 2 aromatic carbocycles. The molecule has 0 bridgehead atoms. The van der Waals surface area contributed by atoms with E-state index in [0.717, 1.165) is 37.0 Å². The van der Waals surface area contributed by atoms with E-state index in [4.69, 9.17) is 0 Å². The number of alkyl halides is 3. The lowest BCUT2D eigenvalue weighted by molar-refractivity contribution is -0.137. The molecule has 0 aliphatic heterocycles. The van der Waals surface area contributed by atoms with Crippen molar-refractivity contribution in [2.75, 3.05) is 0 Å². The van der Waals surface area contributed by atoms with Crippen molar-refractivity contribution >= 4 is 28.6 Å². The van der Waals surface area contributed by atoms with E-state index in [1.807, 2.05) is 34.9 Å². The molecule has 0 spiro atoms. The predicted molar refractivity (Wildman–Crippen MR) is 103 cm³/mol. The molecule has 1 saturated carbocycles. The van der Waals surface area contributed by atoms with Crippen molar-refractivity contribution < 1.29 is 18.0 Å². The van der Waals surface area contributed by atoms with Gasteiger partial charge in [-0.15, -0.1) is 0 Å². The van der Waals surface area contributed by atoms with Gasteiger partial charge in [-0.05, 0) is 36.6 Å². The number of carbonyl (C=O) groups excluding carboxylic acids is 1. The summed E-state index contributed by atoms with van der Waals surface area (Å²) in [5.74, 6) is 0.200. The molecular formula is C21H19F3N2OS. The summed E-state index contributed by atoms with van der Waals surface area (Å²) in [7, 11) is 0. The number of carbonyl (C=O) groups is 1. The second-order valence-electron chi connectivity index (χ2n) is 6.99. The Balaban J connectivity index is 1.76. The molecule has 0 unspecified atom stereocenters. The number of nitrogens with zero attached hydrogens (tertiary/aromatic N) is 2. The number of imidazole rings is 1. The second-order valence-corrected chi connectivity index (χ2v) is 8.16. The van der Waals surface area contributed by atoms with Crippen LogP contribution in [0.4, 0.5) is 13.2 Å². The van der Waals surface area contributed by atoms with Gasteiger partial charge in [0.05, 0.1) is 28.4 Å². The molecule has 7 heteroatoms. The van der Waals surface area contributed by atoms with Crippen LogP contribution in [0, 0.1) is 0 Å². The first kappa shape index (κ1) is 19.1. The van der Waals surface area contributed by atoms with Crippen molar-refractivity contribution in [3.05, 3.63) is 59.7 Å². The molecule has 1 fully saturated rings. The molecule has 1 aliphatic carbocycles. The molecule has 0 amide bonds. The summed E-state index contributed by atoms with van der Waals surface area (Å²) in [6.07, 6.45) is -1.17. The largest absolute Gasteiger partial charge is 0.416 e. The molecule has 3 nitrogen and oxygen atoms in total. The zero-order valence-corrected chi connectivity index (χ0v) is 15.9. The van der Waals surface area contributed by atoms with E-state index in [1.54, 1.807) is 0 Å². The molecule has 0 radical (unpaired) electrons. The van der Waals surface area contributed by atoms with Crippen molar-refractivity contribution in [1.82, 2.24) is 9.55 Å². The molecule has 0 saturated heterocycles. The van der Waals surface area contributed by atoms with Crippen molar-refractivity contribution in [2.45, 2.75) is 48.8 Å². The van der Waals surface area contributed by atoms with Crippen LogP contribution in [0.5, 0.6) is 0 Å². The average Bonchev–Trinajstić information content (AvgIpc) is 3.00. The van der Waals surface area contributed by atoms with Gasteiger partial charge in [-0.1, -0.05) is 48.5 Å². The fourth-order valence-corrected chi connectivity index (χ4v) is 4.73. The Kier molecular flexibility index (Phi) is 5.19.